The first kappa shape index (κ1) is 32.8. The van der Waals surface area contributed by atoms with Gasteiger partial charge in [0.1, 0.15) is 30.3 Å². The summed E-state index contributed by atoms with van der Waals surface area (Å²) < 4.78 is 12.8. The predicted octanol–water partition coefficient (Wildman–Crippen LogP) is 6.70. The summed E-state index contributed by atoms with van der Waals surface area (Å²) in [6.45, 7) is 13.5. The summed E-state index contributed by atoms with van der Waals surface area (Å²) in [7, 11) is 5.97. The molecule has 1 amide bonds. The zero-order chi connectivity index (χ0) is 33.9. The van der Waals surface area contributed by atoms with Gasteiger partial charge in [0.2, 0.25) is 5.91 Å². The largest absolute Gasteiger partial charge is 0.488 e. The van der Waals surface area contributed by atoms with Gasteiger partial charge in [-0.1, -0.05) is 26.5 Å². The summed E-state index contributed by atoms with van der Waals surface area (Å²) in [4.78, 5) is 30.3. The Morgan fingerprint density at radius 2 is 1.96 bits per heavy atom. The normalized spacial score (nSPS) is 15.8. The minimum absolute atomic E-state index is 0.0435. The summed E-state index contributed by atoms with van der Waals surface area (Å²) in [6.07, 6.45) is 6.98. The van der Waals surface area contributed by atoms with Gasteiger partial charge in [0.25, 0.3) is 0 Å². The molecule has 48 heavy (non-hydrogen) atoms. The molecule has 1 fully saturated rings. The third-order valence-electron chi connectivity index (χ3n) is 8.93. The van der Waals surface area contributed by atoms with Crippen LogP contribution >= 0.6 is 0 Å². The van der Waals surface area contributed by atoms with Crippen LogP contribution in [0.4, 0.5) is 22.9 Å². The number of fused-ring (bicyclic) bond motifs is 5. The van der Waals surface area contributed by atoms with Crippen molar-refractivity contribution < 1.29 is 14.3 Å². The molecule has 0 bridgehead atoms. The zero-order valence-corrected chi connectivity index (χ0v) is 28.7. The fourth-order valence-corrected chi connectivity index (χ4v) is 6.33. The quantitative estimate of drug-likeness (QED) is 0.189. The summed E-state index contributed by atoms with van der Waals surface area (Å²) in [6, 6.07) is 16.4. The molecular formula is C38H45N7O3. The van der Waals surface area contributed by atoms with E-state index in [1.54, 1.807) is 12.4 Å². The van der Waals surface area contributed by atoms with Crippen LogP contribution in [0.25, 0.3) is 10.9 Å². The van der Waals surface area contributed by atoms with Crippen molar-refractivity contribution in [1.82, 2.24) is 19.8 Å². The van der Waals surface area contributed by atoms with Crippen molar-refractivity contribution in [1.29, 1.82) is 0 Å². The number of amides is 1. The number of anilines is 4. The molecule has 0 spiro atoms. The number of benzene rings is 3. The molecule has 2 aliphatic heterocycles. The van der Waals surface area contributed by atoms with Gasteiger partial charge in [0.15, 0.2) is 5.75 Å². The van der Waals surface area contributed by atoms with E-state index >= 15 is 0 Å². The Labute approximate surface area is 283 Å². The van der Waals surface area contributed by atoms with E-state index in [0.29, 0.717) is 31.4 Å². The molecular weight excluding hydrogens is 602 g/mol. The summed E-state index contributed by atoms with van der Waals surface area (Å²) in [5.74, 6) is 3.38. The lowest BCUT2D eigenvalue weighted by molar-refractivity contribution is -0.127. The average Bonchev–Trinajstić information content (AvgIpc) is 3.08. The highest BCUT2D eigenvalue weighted by Crippen LogP contribution is 2.43. The lowest BCUT2D eigenvalue weighted by atomic mass is 10.00. The van der Waals surface area contributed by atoms with E-state index in [-0.39, 0.29) is 11.9 Å². The van der Waals surface area contributed by atoms with Crippen molar-refractivity contribution in [2.24, 2.45) is 0 Å². The Hall–Kier alpha value is -5.09. The van der Waals surface area contributed by atoms with Gasteiger partial charge in [-0.25, -0.2) is 9.97 Å². The van der Waals surface area contributed by atoms with E-state index in [4.69, 9.17) is 9.47 Å². The van der Waals surface area contributed by atoms with Crippen LogP contribution in [0.15, 0.2) is 79.8 Å². The zero-order valence-electron chi connectivity index (χ0n) is 28.7. The molecule has 4 aromatic rings. The molecule has 1 unspecified atom stereocenters. The fourth-order valence-electron chi connectivity index (χ4n) is 6.33. The fraction of sp³-hybridized carbons (Fsp3) is 0.342. The van der Waals surface area contributed by atoms with Crippen LogP contribution in [0.2, 0.25) is 0 Å². The lowest BCUT2D eigenvalue weighted by Gasteiger charge is -2.45. The van der Waals surface area contributed by atoms with E-state index in [9.17, 15) is 4.79 Å². The number of aryl methyl sites for hydroxylation is 1. The number of likely N-dealkylation sites (N-methyl/N-ethyl adjacent to an activating group) is 1. The minimum Gasteiger partial charge on any atom is -0.488 e. The van der Waals surface area contributed by atoms with E-state index in [1.807, 2.05) is 79.3 Å². The number of nitrogens with one attached hydrogen (secondary N) is 1. The smallest absolute Gasteiger partial charge is 0.246 e. The third kappa shape index (κ3) is 6.80. The van der Waals surface area contributed by atoms with Crippen LogP contribution in [0.3, 0.4) is 0 Å². The van der Waals surface area contributed by atoms with Crippen LogP contribution in [0.5, 0.6) is 17.2 Å². The molecule has 10 nitrogen and oxygen atoms in total. The number of rotatable bonds is 10. The number of hydrogen-bond donors (Lipinski definition) is 1. The van der Waals surface area contributed by atoms with E-state index in [2.05, 4.69) is 64.9 Å². The molecule has 3 aromatic carbocycles. The molecule has 3 heterocycles. The Morgan fingerprint density at radius 3 is 2.71 bits per heavy atom. The number of carbonyl (C=O) groups excluding carboxylic acids is 1. The van der Waals surface area contributed by atoms with Gasteiger partial charge in [0.05, 0.1) is 22.6 Å². The molecule has 0 aliphatic carbocycles. The average molecular weight is 648 g/mol. The highest BCUT2D eigenvalue weighted by Gasteiger charge is 2.35. The van der Waals surface area contributed by atoms with Gasteiger partial charge in [-0.05, 0) is 92.8 Å². The van der Waals surface area contributed by atoms with Crippen molar-refractivity contribution in [3.63, 3.8) is 0 Å². The van der Waals surface area contributed by atoms with Gasteiger partial charge >= 0.3 is 0 Å². The van der Waals surface area contributed by atoms with Crippen LogP contribution in [-0.4, -0.2) is 85.6 Å². The van der Waals surface area contributed by atoms with Crippen LogP contribution < -0.4 is 24.6 Å². The van der Waals surface area contributed by atoms with E-state index in [0.717, 1.165) is 63.9 Å². The molecule has 1 aromatic heterocycles. The van der Waals surface area contributed by atoms with Gasteiger partial charge in [-0.15, -0.1) is 0 Å². The number of piperazine rings is 1. The summed E-state index contributed by atoms with van der Waals surface area (Å²) >= 11 is 0. The predicted molar refractivity (Wildman–Crippen MR) is 194 cm³/mol. The molecule has 0 radical (unpaired) electrons. The van der Waals surface area contributed by atoms with Crippen molar-refractivity contribution >= 4 is 39.7 Å². The van der Waals surface area contributed by atoms with E-state index in [1.165, 1.54) is 5.56 Å². The first-order valence-corrected chi connectivity index (χ1v) is 16.4. The van der Waals surface area contributed by atoms with Gasteiger partial charge in [-0.2, -0.15) is 0 Å². The highest BCUT2D eigenvalue weighted by atomic mass is 16.5. The van der Waals surface area contributed by atoms with Crippen LogP contribution in [-0.2, 0) is 4.79 Å². The minimum atomic E-state index is 0.0435. The van der Waals surface area contributed by atoms with Crippen molar-refractivity contribution in [2.45, 2.75) is 32.7 Å². The SMILES string of the molecule is C=CN(C)c1ccc(Oc2ccc(Nc3ncnc4ccc5c(c34)OCC3CN(C(=O)/C=C/CN(C)C)CCN53)cc2C)cc1C(C)C. The molecule has 2 aliphatic rings. The monoisotopic (exact) mass is 647 g/mol. The Balaban J connectivity index is 1.21. The van der Waals surface area contributed by atoms with Gasteiger partial charge in [-0.3, -0.25) is 4.79 Å². The maximum Gasteiger partial charge on any atom is 0.246 e. The topological polar surface area (TPSA) is 86.3 Å². The molecule has 250 valence electrons. The maximum atomic E-state index is 12.8. The first-order valence-electron chi connectivity index (χ1n) is 16.4. The van der Waals surface area contributed by atoms with Crippen LogP contribution in [0, 0.1) is 6.92 Å². The Bertz CT molecular complexity index is 1850. The summed E-state index contributed by atoms with van der Waals surface area (Å²) in [5.41, 5.74) is 5.98. The highest BCUT2D eigenvalue weighted by molar-refractivity contribution is 6.00. The maximum absolute atomic E-state index is 12.8. The number of hydrogen-bond acceptors (Lipinski definition) is 9. The second kappa shape index (κ2) is 13.9. The number of ether oxygens (including phenoxy) is 2. The first-order chi connectivity index (χ1) is 23.1. The Kier molecular flexibility index (Phi) is 9.54. The molecule has 0 saturated carbocycles. The number of aromatic nitrogens is 2. The van der Waals surface area contributed by atoms with Crippen molar-refractivity contribution in [3.05, 3.63) is 90.9 Å². The summed E-state index contributed by atoms with van der Waals surface area (Å²) in [5, 5.41) is 4.35. The number of nitrogens with zero attached hydrogens (tertiary/aromatic N) is 6. The van der Waals surface area contributed by atoms with Crippen molar-refractivity contribution in [3.8, 4) is 17.2 Å². The second-order valence-electron chi connectivity index (χ2n) is 13.0. The molecule has 1 N–H and O–H groups in total. The van der Waals surface area contributed by atoms with E-state index < -0.39 is 0 Å². The van der Waals surface area contributed by atoms with Crippen LogP contribution in [0.1, 0.15) is 30.9 Å². The number of carbonyl (C=O) groups is 1. The lowest BCUT2D eigenvalue weighted by Crippen LogP contribution is -2.58. The molecule has 1 saturated heterocycles. The molecule has 6 rings (SSSR count). The Morgan fingerprint density at radius 1 is 1.12 bits per heavy atom. The standard InChI is InChI=1S/C38H45N7O3/c1-8-43(7)32-14-12-29(21-30(32)25(2)3)48-34-16-11-27(20-26(34)4)41-38-36-31(39-24-40-38)13-15-33-37(36)47-23-28-22-44(18-19-45(28)33)35(46)10-9-17-42(5)6/h8-16,20-21,24-25,28H,1,17-19,22-23H2,2-7H3,(H,39,40,41)/b10-9+. The van der Waals surface area contributed by atoms with Gasteiger partial charge in [0, 0.05) is 50.7 Å². The molecule has 1 atom stereocenters. The molecule has 10 heteroatoms. The van der Waals surface area contributed by atoms with Crippen molar-refractivity contribution in [2.75, 3.05) is 69.0 Å². The second-order valence-corrected chi connectivity index (χ2v) is 13.0. The third-order valence-corrected chi connectivity index (χ3v) is 8.93. The van der Waals surface area contributed by atoms with Gasteiger partial charge < -0.3 is 34.4 Å².